The Hall–Kier alpha value is -1.93. The Labute approximate surface area is 95.4 Å². The Kier molecular flexibility index (Phi) is 3.07. The lowest BCUT2D eigenvalue weighted by Gasteiger charge is -2.04. The van der Waals surface area contributed by atoms with E-state index in [2.05, 4.69) is 15.0 Å². The minimum Gasteiger partial charge on any atom is -0.383 e. The van der Waals surface area contributed by atoms with Crippen molar-refractivity contribution in [2.45, 2.75) is 13.1 Å². The lowest BCUT2D eigenvalue weighted by atomic mass is 10.5. The van der Waals surface area contributed by atoms with Crippen LogP contribution >= 0.6 is 0 Å². The quantitative estimate of drug-likeness (QED) is 0.601. The van der Waals surface area contributed by atoms with Gasteiger partial charge in [-0.2, -0.15) is 0 Å². The number of imidazole rings is 1. The molecule has 8 nitrogen and oxygen atoms in total. The molecule has 0 aliphatic heterocycles. The summed E-state index contributed by atoms with van der Waals surface area (Å²) in [5, 5.41) is 0. The minimum atomic E-state index is -0.505. The normalized spacial score (nSPS) is 11.2. The summed E-state index contributed by atoms with van der Waals surface area (Å²) in [5.74, 6) is 0.460. The van der Waals surface area contributed by atoms with Crippen LogP contribution in [-0.2, 0) is 17.8 Å². The highest BCUT2D eigenvalue weighted by Gasteiger charge is 2.11. The molecule has 92 valence electrons. The number of fused-ring (bicyclic) bond motifs is 1. The molecule has 0 aliphatic rings. The van der Waals surface area contributed by atoms with Crippen molar-refractivity contribution in [1.29, 1.82) is 0 Å². The molecule has 0 amide bonds. The van der Waals surface area contributed by atoms with E-state index in [-0.39, 0.29) is 12.1 Å². The van der Waals surface area contributed by atoms with E-state index in [0.29, 0.717) is 24.6 Å². The van der Waals surface area contributed by atoms with Crippen LogP contribution in [0.1, 0.15) is 5.82 Å². The molecule has 2 aromatic rings. The number of nitrogens with two attached hydrogens (primary N) is 1. The summed E-state index contributed by atoms with van der Waals surface area (Å²) in [6.07, 6.45) is 0. The highest BCUT2D eigenvalue weighted by molar-refractivity contribution is 5.69. The van der Waals surface area contributed by atoms with E-state index in [9.17, 15) is 9.59 Å². The number of hydrogen-bond donors (Lipinski definition) is 3. The van der Waals surface area contributed by atoms with Gasteiger partial charge in [-0.1, -0.05) is 0 Å². The van der Waals surface area contributed by atoms with E-state index in [4.69, 9.17) is 10.5 Å². The van der Waals surface area contributed by atoms with Crippen molar-refractivity contribution in [3.8, 4) is 0 Å². The van der Waals surface area contributed by atoms with E-state index in [1.807, 2.05) is 0 Å². The summed E-state index contributed by atoms with van der Waals surface area (Å²) in [7, 11) is 1.53. The van der Waals surface area contributed by atoms with Crippen molar-refractivity contribution < 1.29 is 4.74 Å². The topological polar surface area (TPSA) is 119 Å². The SMILES string of the molecule is COCCn1c(=O)[nH]c(=O)c2[nH]c(CN)nc21. The van der Waals surface area contributed by atoms with Crippen LogP contribution in [0.15, 0.2) is 9.59 Å². The van der Waals surface area contributed by atoms with Crippen LogP contribution in [0.5, 0.6) is 0 Å². The van der Waals surface area contributed by atoms with Gasteiger partial charge in [-0.25, -0.2) is 9.78 Å². The second-order valence-corrected chi connectivity index (χ2v) is 3.49. The lowest BCUT2D eigenvalue weighted by Crippen LogP contribution is -2.31. The molecule has 0 bridgehead atoms. The fraction of sp³-hybridized carbons (Fsp3) is 0.444. The zero-order chi connectivity index (χ0) is 12.4. The smallest absolute Gasteiger partial charge is 0.330 e. The molecular weight excluding hydrogens is 226 g/mol. The highest BCUT2D eigenvalue weighted by Crippen LogP contribution is 2.04. The Morgan fingerprint density at radius 2 is 2.18 bits per heavy atom. The molecule has 0 unspecified atom stereocenters. The second-order valence-electron chi connectivity index (χ2n) is 3.49. The summed E-state index contributed by atoms with van der Waals surface area (Å²) in [4.78, 5) is 32.3. The number of nitrogens with one attached hydrogen (secondary N) is 2. The van der Waals surface area contributed by atoms with Crippen LogP contribution < -0.4 is 17.0 Å². The zero-order valence-corrected chi connectivity index (χ0v) is 9.32. The summed E-state index contributed by atoms with van der Waals surface area (Å²) >= 11 is 0. The van der Waals surface area contributed by atoms with E-state index < -0.39 is 11.2 Å². The van der Waals surface area contributed by atoms with Crippen molar-refractivity contribution in [2.24, 2.45) is 5.73 Å². The lowest BCUT2D eigenvalue weighted by molar-refractivity contribution is 0.187. The van der Waals surface area contributed by atoms with Crippen LogP contribution in [0.3, 0.4) is 0 Å². The monoisotopic (exact) mass is 239 g/mol. The third-order valence-corrected chi connectivity index (χ3v) is 2.39. The average Bonchev–Trinajstić information content (AvgIpc) is 2.73. The summed E-state index contributed by atoms with van der Waals surface area (Å²) < 4.78 is 6.24. The molecule has 0 aromatic carbocycles. The van der Waals surface area contributed by atoms with Gasteiger partial charge in [0.25, 0.3) is 5.56 Å². The van der Waals surface area contributed by atoms with Gasteiger partial charge >= 0.3 is 5.69 Å². The fourth-order valence-electron chi connectivity index (χ4n) is 1.58. The van der Waals surface area contributed by atoms with E-state index in [1.54, 1.807) is 0 Å². The number of H-pyrrole nitrogens is 2. The molecule has 2 heterocycles. The van der Waals surface area contributed by atoms with E-state index in [0.717, 1.165) is 0 Å². The van der Waals surface area contributed by atoms with Crippen molar-refractivity contribution >= 4 is 11.2 Å². The van der Waals surface area contributed by atoms with Crippen molar-refractivity contribution in [1.82, 2.24) is 19.5 Å². The summed E-state index contributed by atoms with van der Waals surface area (Å²) in [6, 6.07) is 0. The maximum absolute atomic E-state index is 11.6. The first-order chi connectivity index (χ1) is 8.17. The van der Waals surface area contributed by atoms with E-state index in [1.165, 1.54) is 11.7 Å². The first-order valence-corrected chi connectivity index (χ1v) is 5.08. The van der Waals surface area contributed by atoms with Crippen molar-refractivity contribution in [2.75, 3.05) is 13.7 Å². The van der Waals surface area contributed by atoms with Crippen LogP contribution in [0.2, 0.25) is 0 Å². The Morgan fingerprint density at radius 1 is 1.41 bits per heavy atom. The van der Waals surface area contributed by atoms with Crippen LogP contribution in [0, 0.1) is 0 Å². The molecule has 2 aromatic heterocycles. The van der Waals surface area contributed by atoms with Crippen LogP contribution in [0.4, 0.5) is 0 Å². The predicted octanol–water partition coefficient (Wildman–Crippen LogP) is -1.48. The third kappa shape index (κ3) is 1.99. The van der Waals surface area contributed by atoms with Crippen molar-refractivity contribution in [3.63, 3.8) is 0 Å². The molecule has 0 saturated carbocycles. The molecule has 0 spiro atoms. The second kappa shape index (κ2) is 4.52. The van der Waals surface area contributed by atoms with Gasteiger partial charge in [0.1, 0.15) is 11.3 Å². The van der Waals surface area contributed by atoms with Gasteiger partial charge in [-0.3, -0.25) is 14.3 Å². The van der Waals surface area contributed by atoms with Gasteiger partial charge in [-0.15, -0.1) is 0 Å². The largest absolute Gasteiger partial charge is 0.383 e. The summed E-state index contributed by atoms with van der Waals surface area (Å²) in [6.45, 7) is 0.843. The highest BCUT2D eigenvalue weighted by atomic mass is 16.5. The Morgan fingerprint density at radius 3 is 2.82 bits per heavy atom. The molecule has 0 atom stereocenters. The molecule has 17 heavy (non-hydrogen) atoms. The third-order valence-electron chi connectivity index (χ3n) is 2.39. The predicted molar refractivity (Wildman–Crippen MR) is 60.7 cm³/mol. The van der Waals surface area contributed by atoms with Gasteiger partial charge in [0.05, 0.1) is 19.7 Å². The molecule has 0 fully saturated rings. The molecule has 0 saturated heterocycles. The number of methoxy groups -OCH3 is 1. The van der Waals surface area contributed by atoms with Crippen LogP contribution in [-0.4, -0.2) is 33.2 Å². The Bertz CT molecular complexity index is 638. The maximum atomic E-state index is 11.6. The van der Waals surface area contributed by atoms with Gasteiger partial charge < -0.3 is 15.5 Å². The molecule has 0 radical (unpaired) electrons. The number of nitrogens with zero attached hydrogens (tertiary/aromatic N) is 2. The molecule has 8 heteroatoms. The Balaban J connectivity index is 2.68. The number of aromatic nitrogens is 4. The maximum Gasteiger partial charge on any atom is 0.330 e. The number of rotatable bonds is 4. The molecule has 2 rings (SSSR count). The zero-order valence-electron chi connectivity index (χ0n) is 9.32. The molecule has 4 N–H and O–H groups in total. The fourth-order valence-corrected chi connectivity index (χ4v) is 1.58. The van der Waals surface area contributed by atoms with E-state index >= 15 is 0 Å². The first-order valence-electron chi connectivity index (χ1n) is 5.08. The standard InChI is InChI=1S/C9H13N5O3/c1-17-3-2-14-7-6(8(15)13-9(14)16)11-5(4-10)12-7/h2-4,10H2,1H3,(H,11,12)(H,13,15,16). The van der Waals surface area contributed by atoms with Gasteiger partial charge in [0.2, 0.25) is 0 Å². The average molecular weight is 239 g/mol. The van der Waals surface area contributed by atoms with Gasteiger partial charge in [-0.05, 0) is 0 Å². The van der Waals surface area contributed by atoms with Crippen LogP contribution in [0.25, 0.3) is 11.2 Å². The molecule has 0 aliphatic carbocycles. The number of aromatic amines is 2. The summed E-state index contributed by atoms with van der Waals surface area (Å²) in [5.41, 5.74) is 4.99. The van der Waals surface area contributed by atoms with Crippen molar-refractivity contribution in [3.05, 3.63) is 26.7 Å². The molecular formula is C9H13N5O3. The van der Waals surface area contributed by atoms with Gasteiger partial charge in [0, 0.05) is 7.11 Å². The first kappa shape index (κ1) is 11.6. The minimum absolute atomic E-state index is 0.173. The van der Waals surface area contributed by atoms with Gasteiger partial charge in [0.15, 0.2) is 5.65 Å². The number of ether oxygens (including phenoxy) is 1. The number of hydrogen-bond acceptors (Lipinski definition) is 5.